The highest BCUT2D eigenvalue weighted by Gasteiger charge is 1.95. The van der Waals surface area contributed by atoms with E-state index in [4.69, 9.17) is 0 Å². The topological polar surface area (TPSA) is 17.1 Å². The van der Waals surface area contributed by atoms with E-state index in [1.807, 2.05) is 6.08 Å². The van der Waals surface area contributed by atoms with E-state index in [0.29, 0.717) is 6.42 Å². The highest BCUT2D eigenvalue weighted by Crippen LogP contribution is 2.14. The molecule has 0 heterocycles. The Labute approximate surface area is 165 Å². The Morgan fingerprint density at radius 3 is 1.23 bits per heavy atom. The molecular weight excluding hydrogens is 316 g/mol. The summed E-state index contributed by atoms with van der Waals surface area (Å²) < 4.78 is 0. The molecular formula is C25H48O. The largest absolute Gasteiger partial charge is 0.300 e. The van der Waals surface area contributed by atoms with Crippen molar-refractivity contribution in [2.75, 3.05) is 0 Å². The molecule has 0 saturated carbocycles. The molecule has 0 aliphatic rings. The minimum absolute atomic E-state index is 0.263. The van der Waals surface area contributed by atoms with E-state index >= 15 is 0 Å². The van der Waals surface area contributed by atoms with Crippen LogP contribution in [0.1, 0.15) is 142 Å². The third kappa shape index (κ3) is 23.4. The zero-order valence-corrected chi connectivity index (χ0v) is 18.2. The van der Waals surface area contributed by atoms with Crippen LogP contribution in [0.3, 0.4) is 0 Å². The average Bonchev–Trinajstić information content (AvgIpc) is 2.62. The van der Waals surface area contributed by atoms with E-state index in [-0.39, 0.29) is 5.78 Å². The minimum atomic E-state index is 0.263. The third-order valence-corrected chi connectivity index (χ3v) is 5.30. The molecule has 1 nitrogen and oxygen atoms in total. The van der Waals surface area contributed by atoms with Crippen LogP contribution >= 0.6 is 0 Å². The standard InChI is InChI=1S/C25H48O/c1-3-4-5-6-7-8-9-10-11-12-13-14-15-16-17-18-19-20-21-22-23-24-25(2)26/h22-23H,3-21,24H2,1-2H3/b23-22+. The Balaban J connectivity index is 3.03. The lowest BCUT2D eigenvalue weighted by molar-refractivity contribution is -0.116. The van der Waals surface area contributed by atoms with Crippen molar-refractivity contribution < 1.29 is 4.79 Å². The number of ketones is 1. The molecule has 0 atom stereocenters. The summed E-state index contributed by atoms with van der Waals surface area (Å²) in [5.74, 6) is 0.263. The van der Waals surface area contributed by atoms with Crippen molar-refractivity contribution in [1.29, 1.82) is 0 Å². The van der Waals surface area contributed by atoms with Gasteiger partial charge in [-0.2, -0.15) is 0 Å². The van der Waals surface area contributed by atoms with E-state index in [0.717, 1.165) is 6.42 Å². The van der Waals surface area contributed by atoms with E-state index in [2.05, 4.69) is 13.0 Å². The Morgan fingerprint density at radius 2 is 0.885 bits per heavy atom. The van der Waals surface area contributed by atoms with Crippen molar-refractivity contribution in [3.8, 4) is 0 Å². The Bertz CT molecular complexity index is 305. The van der Waals surface area contributed by atoms with Gasteiger partial charge in [0, 0.05) is 6.42 Å². The van der Waals surface area contributed by atoms with Crippen LogP contribution in [0.15, 0.2) is 12.2 Å². The maximum atomic E-state index is 10.8. The van der Waals surface area contributed by atoms with Gasteiger partial charge in [-0.3, -0.25) is 4.79 Å². The van der Waals surface area contributed by atoms with Crippen LogP contribution in [-0.4, -0.2) is 5.78 Å². The number of unbranched alkanes of at least 4 members (excludes halogenated alkanes) is 18. The molecule has 0 aromatic carbocycles. The predicted octanol–water partition coefficient (Wildman–Crippen LogP) is 8.95. The van der Waals surface area contributed by atoms with E-state index < -0.39 is 0 Å². The Hall–Kier alpha value is -0.590. The van der Waals surface area contributed by atoms with Gasteiger partial charge in [-0.05, 0) is 19.8 Å². The minimum Gasteiger partial charge on any atom is -0.300 e. The molecule has 0 N–H and O–H groups in total. The summed E-state index contributed by atoms with van der Waals surface area (Å²) in [5, 5.41) is 0. The van der Waals surface area contributed by atoms with Gasteiger partial charge in [0.1, 0.15) is 5.78 Å². The van der Waals surface area contributed by atoms with Gasteiger partial charge < -0.3 is 0 Å². The van der Waals surface area contributed by atoms with Crippen LogP contribution in [0.2, 0.25) is 0 Å². The van der Waals surface area contributed by atoms with Crippen molar-refractivity contribution in [1.82, 2.24) is 0 Å². The molecule has 0 spiro atoms. The summed E-state index contributed by atoms with van der Waals surface area (Å²) in [7, 11) is 0. The Morgan fingerprint density at radius 1 is 0.538 bits per heavy atom. The number of hydrogen-bond acceptors (Lipinski definition) is 1. The maximum Gasteiger partial charge on any atom is 0.133 e. The number of hydrogen-bond donors (Lipinski definition) is 0. The molecule has 0 rings (SSSR count). The van der Waals surface area contributed by atoms with Crippen LogP contribution in [-0.2, 0) is 4.79 Å². The monoisotopic (exact) mass is 364 g/mol. The number of carbonyl (C=O) groups excluding carboxylic acids is 1. The van der Waals surface area contributed by atoms with Gasteiger partial charge in [-0.15, -0.1) is 0 Å². The van der Waals surface area contributed by atoms with Gasteiger partial charge in [0.05, 0.1) is 0 Å². The molecule has 0 amide bonds. The van der Waals surface area contributed by atoms with Crippen molar-refractivity contribution in [3.63, 3.8) is 0 Å². The summed E-state index contributed by atoms with van der Waals surface area (Å²) in [5.41, 5.74) is 0. The Kier molecular flexibility index (Phi) is 21.9. The summed E-state index contributed by atoms with van der Waals surface area (Å²) in [6.07, 6.45) is 31.7. The van der Waals surface area contributed by atoms with Gasteiger partial charge in [0.25, 0.3) is 0 Å². The van der Waals surface area contributed by atoms with Gasteiger partial charge in [0.15, 0.2) is 0 Å². The molecule has 0 aliphatic heterocycles. The van der Waals surface area contributed by atoms with Crippen molar-refractivity contribution in [3.05, 3.63) is 12.2 Å². The van der Waals surface area contributed by atoms with Crippen LogP contribution < -0.4 is 0 Å². The van der Waals surface area contributed by atoms with Gasteiger partial charge >= 0.3 is 0 Å². The lowest BCUT2D eigenvalue weighted by Gasteiger charge is -2.03. The number of rotatable bonds is 21. The summed E-state index contributed by atoms with van der Waals surface area (Å²) in [4.78, 5) is 10.8. The van der Waals surface area contributed by atoms with Crippen molar-refractivity contribution >= 4 is 5.78 Å². The highest BCUT2D eigenvalue weighted by atomic mass is 16.1. The van der Waals surface area contributed by atoms with Crippen LogP contribution in [0.5, 0.6) is 0 Å². The predicted molar refractivity (Wildman–Crippen MR) is 118 cm³/mol. The molecule has 26 heavy (non-hydrogen) atoms. The van der Waals surface area contributed by atoms with E-state index in [1.54, 1.807) is 6.92 Å². The van der Waals surface area contributed by atoms with Gasteiger partial charge in [0.2, 0.25) is 0 Å². The van der Waals surface area contributed by atoms with E-state index in [1.165, 1.54) is 116 Å². The fourth-order valence-electron chi connectivity index (χ4n) is 3.53. The summed E-state index contributed by atoms with van der Waals surface area (Å²) >= 11 is 0. The molecule has 0 bridgehead atoms. The quantitative estimate of drug-likeness (QED) is 0.147. The lowest BCUT2D eigenvalue weighted by Crippen LogP contribution is -1.84. The van der Waals surface area contributed by atoms with E-state index in [9.17, 15) is 4.79 Å². The third-order valence-electron chi connectivity index (χ3n) is 5.30. The fourth-order valence-corrected chi connectivity index (χ4v) is 3.53. The molecule has 1 heteroatoms. The number of Topliss-reactive ketones (excluding diaryl/α,β-unsaturated/α-hetero) is 1. The number of allylic oxidation sites excluding steroid dienone is 2. The molecule has 0 aliphatic carbocycles. The van der Waals surface area contributed by atoms with Crippen molar-refractivity contribution in [2.45, 2.75) is 142 Å². The molecule has 0 saturated heterocycles. The highest BCUT2D eigenvalue weighted by molar-refractivity contribution is 5.76. The van der Waals surface area contributed by atoms with Crippen LogP contribution in [0.4, 0.5) is 0 Å². The molecule has 0 aromatic heterocycles. The number of carbonyl (C=O) groups is 1. The molecule has 0 aromatic rings. The molecule has 0 radical (unpaired) electrons. The van der Waals surface area contributed by atoms with Crippen LogP contribution in [0.25, 0.3) is 0 Å². The van der Waals surface area contributed by atoms with Gasteiger partial charge in [-0.25, -0.2) is 0 Å². The first-order valence-corrected chi connectivity index (χ1v) is 11.9. The first-order chi connectivity index (χ1) is 12.8. The summed E-state index contributed by atoms with van der Waals surface area (Å²) in [6.45, 7) is 3.95. The lowest BCUT2D eigenvalue weighted by atomic mass is 10.0. The summed E-state index contributed by atoms with van der Waals surface area (Å²) in [6, 6.07) is 0. The van der Waals surface area contributed by atoms with Gasteiger partial charge in [-0.1, -0.05) is 128 Å². The molecule has 0 fully saturated rings. The normalized spacial score (nSPS) is 11.5. The second-order valence-corrected chi connectivity index (χ2v) is 8.18. The van der Waals surface area contributed by atoms with Crippen molar-refractivity contribution in [2.24, 2.45) is 0 Å². The zero-order valence-electron chi connectivity index (χ0n) is 18.2. The molecule has 0 unspecified atom stereocenters. The smallest absolute Gasteiger partial charge is 0.133 e. The second kappa shape index (κ2) is 22.5. The first-order valence-electron chi connectivity index (χ1n) is 11.9. The maximum absolute atomic E-state index is 10.8. The average molecular weight is 365 g/mol. The van der Waals surface area contributed by atoms with Crippen LogP contribution in [0, 0.1) is 0 Å². The SMILES string of the molecule is CCCCCCCCCCCCCCCCCCCC/C=C/CC(C)=O. The first kappa shape index (κ1) is 25.4. The zero-order chi connectivity index (χ0) is 19.1. The molecule has 154 valence electrons. The second-order valence-electron chi connectivity index (χ2n) is 8.18. The fraction of sp³-hybridized carbons (Fsp3) is 0.880.